The Kier molecular flexibility index (Phi) is 4.19. The van der Waals surface area contributed by atoms with Crippen LogP contribution in [-0.4, -0.2) is 47.1 Å². The molecule has 0 aromatic heterocycles. The third kappa shape index (κ3) is 3.22. The van der Waals surface area contributed by atoms with Crippen LogP contribution in [0.4, 0.5) is 0 Å². The fourth-order valence-corrected chi connectivity index (χ4v) is 2.30. The van der Waals surface area contributed by atoms with E-state index in [1.807, 2.05) is 25.1 Å². The van der Waals surface area contributed by atoms with Crippen LogP contribution < -0.4 is 0 Å². The Morgan fingerprint density at radius 2 is 2.06 bits per heavy atom. The van der Waals surface area contributed by atoms with E-state index < -0.39 is 0 Å². The molecule has 1 atom stereocenters. The highest BCUT2D eigenvalue weighted by Crippen LogP contribution is 2.14. The van der Waals surface area contributed by atoms with Gasteiger partial charge in [0.05, 0.1) is 12.1 Å². The Bertz CT molecular complexity index is 433. The summed E-state index contributed by atoms with van der Waals surface area (Å²) in [6.07, 6.45) is 0. The van der Waals surface area contributed by atoms with Crippen LogP contribution >= 0.6 is 0 Å². The average molecular weight is 245 g/mol. The van der Waals surface area contributed by atoms with E-state index in [9.17, 15) is 5.11 Å². The highest BCUT2D eigenvalue weighted by Gasteiger charge is 2.20. The molecule has 1 unspecified atom stereocenters. The van der Waals surface area contributed by atoms with Crippen LogP contribution in [0, 0.1) is 11.3 Å². The molecule has 0 spiro atoms. The minimum atomic E-state index is 0.00733. The van der Waals surface area contributed by atoms with E-state index in [2.05, 4.69) is 15.9 Å². The number of nitrogens with zero attached hydrogens (tertiary/aromatic N) is 3. The fourth-order valence-electron chi connectivity index (χ4n) is 2.30. The van der Waals surface area contributed by atoms with Crippen molar-refractivity contribution in [1.82, 2.24) is 9.80 Å². The Labute approximate surface area is 108 Å². The van der Waals surface area contributed by atoms with Crippen LogP contribution in [0.1, 0.15) is 12.5 Å². The zero-order valence-corrected chi connectivity index (χ0v) is 10.7. The van der Waals surface area contributed by atoms with Gasteiger partial charge in [0, 0.05) is 32.7 Å². The second-order valence-electron chi connectivity index (χ2n) is 4.79. The maximum atomic E-state index is 9.43. The molecule has 1 heterocycles. The molecule has 4 nitrogen and oxygen atoms in total. The molecule has 1 aliphatic rings. The van der Waals surface area contributed by atoms with Crippen molar-refractivity contribution >= 4 is 0 Å². The van der Waals surface area contributed by atoms with Gasteiger partial charge in [0.25, 0.3) is 0 Å². The Hall–Kier alpha value is -1.57. The van der Waals surface area contributed by atoms with Gasteiger partial charge >= 0.3 is 0 Å². The molecule has 2 rings (SSSR count). The van der Waals surface area contributed by atoms with Crippen LogP contribution in [-0.2, 0) is 6.54 Å². The molecule has 1 fully saturated rings. The Morgan fingerprint density at radius 1 is 1.33 bits per heavy atom. The van der Waals surface area contributed by atoms with Gasteiger partial charge in [0.15, 0.2) is 0 Å². The maximum Gasteiger partial charge on any atom is 0.115 e. The number of nitriles is 1. The quantitative estimate of drug-likeness (QED) is 0.875. The van der Waals surface area contributed by atoms with E-state index in [1.54, 1.807) is 6.07 Å². The smallest absolute Gasteiger partial charge is 0.115 e. The first-order chi connectivity index (χ1) is 8.69. The van der Waals surface area contributed by atoms with Gasteiger partial charge in [-0.2, -0.15) is 5.26 Å². The molecule has 1 aliphatic heterocycles. The number of phenols is 1. The van der Waals surface area contributed by atoms with E-state index in [0.717, 1.165) is 38.3 Å². The standard InChI is InChI=1S/C14H19N3O/c1-12(10-15)17-7-5-16(6-8-17)11-13-3-2-4-14(18)9-13/h2-4,9,12,18H,5-8,11H2,1H3. The second-order valence-corrected chi connectivity index (χ2v) is 4.79. The molecule has 0 bridgehead atoms. The summed E-state index contributed by atoms with van der Waals surface area (Å²) >= 11 is 0. The summed E-state index contributed by atoms with van der Waals surface area (Å²) in [6, 6.07) is 9.69. The molecule has 96 valence electrons. The second kappa shape index (κ2) is 5.85. The molecular weight excluding hydrogens is 226 g/mol. The largest absolute Gasteiger partial charge is 0.508 e. The predicted molar refractivity (Wildman–Crippen MR) is 70.0 cm³/mol. The lowest BCUT2D eigenvalue weighted by Crippen LogP contribution is -2.48. The van der Waals surface area contributed by atoms with E-state index in [0.29, 0.717) is 5.75 Å². The van der Waals surface area contributed by atoms with Gasteiger partial charge in [-0.15, -0.1) is 0 Å². The summed E-state index contributed by atoms with van der Waals surface area (Å²) in [6.45, 7) is 6.64. The highest BCUT2D eigenvalue weighted by atomic mass is 16.3. The molecule has 0 saturated carbocycles. The lowest BCUT2D eigenvalue weighted by molar-refractivity contribution is 0.114. The van der Waals surface area contributed by atoms with Crippen molar-refractivity contribution in [2.24, 2.45) is 0 Å². The van der Waals surface area contributed by atoms with Crippen LogP contribution in [0.5, 0.6) is 5.75 Å². The predicted octanol–water partition coefficient (Wildman–Crippen LogP) is 1.42. The van der Waals surface area contributed by atoms with Crippen LogP contribution in [0.15, 0.2) is 24.3 Å². The summed E-state index contributed by atoms with van der Waals surface area (Å²) in [4.78, 5) is 4.56. The summed E-state index contributed by atoms with van der Waals surface area (Å²) in [5.41, 5.74) is 1.14. The molecule has 0 amide bonds. The molecule has 1 aromatic carbocycles. The minimum absolute atomic E-state index is 0.00733. The van der Waals surface area contributed by atoms with E-state index in [-0.39, 0.29) is 6.04 Å². The van der Waals surface area contributed by atoms with Crippen LogP contribution in [0.25, 0.3) is 0 Å². The van der Waals surface area contributed by atoms with Gasteiger partial charge in [0.2, 0.25) is 0 Å². The Morgan fingerprint density at radius 3 is 2.67 bits per heavy atom. The number of benzene rings is 1. The lowest BCUT2D eigenvalue weighted by atomic mass is 10.1. The maximum absolute atomic E-state index is 9.43. The first-order valence-electron chi connectivity index (χ1n) is 6.33. The van der Waals surface area contributed by atoms with Gasteiger partial charge < -0.3 is 5.11 Å². The first kappa shape index (κ1) is 12.9. The summed E-state index contributed by atoms with van der Waals surface area (Å²) in [5, 5.41) is 18.3. The third-order valence-corrected chi connectivity index (χ3v) is 3.46. The SMILES string of the molecule is CC(C#N)N1CCN(Cc2cccc(O)c2)CC1. The Balaban J connectivity index is 1.86. The van der Waals surface area contributed by atoms with Crippen LogP contribution in [0.2, 0.25) is 0 Å². The fraction of sp³-hybridized carbons (Fsp3) is 0.500. The average Bonchev–Trinajstić information content (AvgIpc) is 2.39. The number of hydrogen-bond donors (Lipinski definition) is 1. The van der Waals surface area contributed by atoms with E-state index in [1.165, 1.54) is 0 Å². The van der Waals surface area contributed by atoms with Gasteiger partial charge in [-0.05, 0) is 24.6 Å². The molecule has 0 radical (unpaired) electrons. The number of rotatable bonds is 3. The molecule has 18 heavy (non-hydrogen) atoms. The van der Waals surface area contributed by atoms with Gasteiger partial charge in [-0.1, -0.05) is 12.1 Å². The van der Waals surface area contributed by atoms with Crippen molar-refractivity contribution in [3.05, 3.63) is 29.8 Å². The molecule has 0 aliphatic carbocycles. The topological polar surface area (TPSA) is 50.5 Å². The molecule has 1 saturated heterocycles. The zero-order valence-electron chi connectivity index (χ0n) is 10.7. The van der Waals surface area contributed by atoms with Gasteiger partial charge in [-0.25, -0.2) is 0 Å². The number of piperazine rings is 1. The minimum Gasteiger partial charge on any atom is -0.508 e. The van der Waals surface area contributed by atoms with E-state index in [4.69, 9.17) is 5.26 Å². The zero-order chi connectivity index (χ0) is 13.0. The summed E-state index contributed by atoms with van der Waals surface area (Å²) < 4.78 is 0. The summed E-state index contributed by atoms with van der Waals surface area (Å²) in [5.74, 6) is 0.323. The van der Waals surface area contributed by atoms with Crippen molar-refractivity contribution in [2.45, 2.75) is 19.5 Å². The summed E-state index contributed by atoms with van der Waals surface area (Å²) in [7, 11) is 0. The number of phenolic OH excluding ortho intramolecular Hbond substituents is 1. The number of hydrogen-bond acceptors (Lipinski definition) is 4. The lowest BCUT2D eigenvalue weighted by Gasteiger charge is -2.35. The van der Waals surface area contributed by atoms with E-state index >= 15 is 0 Å². The first-order valence-corrected chi connectivity index (χ1v) is 6.33. The molecular formula is C14H19N3O. The molecule has 1 aromatic rings. The van der Waals surface area contributed by atoms with Gasteiger partial charge in [-0.3, -0.25) is 9.80 Å². The molecule has 4 heteroatoms. The van der Waals surface area contributed by atoms with Crippen molar-refractivity contribution < 1.29 is 5.11 Å². The number of aromatic hydroxyl groups is 1. The normalized spacial score (nSPS) is 19.3. The monoisotopic (exact) mass is 245 g/mol. The third-order valence-electron chi connectivity index (χ3n) is 3.46. The van der Waals surface area contributed by atoms with Crippen LogP contribution in [0.3, 0.4) is 0 Å². The van der Waals surface area contributed by atoms with Crippen molar-refractivity contribution in [2.75, 3.05) is 26.2 Å². The van der Waals surface area contributed by atoms with Crippen molar-refractivity contribution in [1.29, 1.82) is 5.26 Å². The van der Waals surface area contributed by atoms with Crippen molar-refractivity contribution in [3.63, 3.8) is 0 Å². The molecule has 1 N–H and O–H groups in total. The highest BCUT2D eigenvalue weighted by molar-refractivity contribution is 5.27. The van der Waals surface area contributed by atoms with Crippen molar-refractivity contribution in [3.8, 4) is 11.8 Å². The van der Waals surface area contributed by atoms with Gasteiger partial charge in [0.1, 0.15) is 5.75 Å².